The smallest absolute Gasteiger partial charge is 0.259 e. The lowest BCUT2D eigenvalue weighted by Gasteiger charge is -2.06. The number of halogens is 2. The topological polar surface area (TPSA) is 80.9 Å². The molecule has 0 fully saturated rings. The Labute approximate surface area is 123 Å². The standard InChI is InChI=1S/C11H10Cl2N4OS/c1-2-8-16-17-11(19-8)15-10(18)6-3-5(14)4-7(12)9(6)13/h3-4H,2,14H2,1H3,(H,15,17,18). The number of benzene rings is 1. The van der Waals surface area contributed by atoms with Crippen LogP contribution < -0.4 is 11.1 Å². The molecule has 0 aliphatic carbocycles. The first-order valence-corrected chi connectivity index (χ1v) is 6.96. The van der Waals surface area contributed by atoms with Crippen molar-refractivity contribution in [2.45, 2.75) is 13.3 Å². The summed E-state index contributed by atoms with van der Waals surface area (Å²) in [5.41, 5.74) is 6.21. The zero-order chi connectivity index (χ0) is 14.0. The molecule has 0 unspecified atom stereocenters. The maximum absolute atomic E-state index is 12.1. The van der Waals surface area contributed by atoms with E-state index in [0.717, 1.165) is 11.4 Å². The first kappa shape index (κ1) is 14.0. The molecule has 0 bridgehead atoms. The van der Waals surface area contributed by atoms with Gasteiger partial charge in [0.05, 0.1) is 15.6 Å². The molecule has 0 radical (unpaired) electrons. The Morgan fingerprint density at radius 1 is 1.42 bits per heavy atom. The minimum Gasteiger partial charge on any atom is -0.399 e. The van der Waals surface area contributed by atoms with Gasteiger partial charge in [0.25, 0.3) is 5.91 Å². The van der Waals surface area contributed by atoms with Crippen molar-refractivity contribution in [3.63, 3.8) is 0 Å². The van der Waals surface area contributed by atoms with Gasteiger partial charge in [0, 0.05) is 5.69 Å². The lowest BCUT2D eigenvalue weighted by atomic mass is 10.2. The number of aryl methyl sites for hydroxylation is 1. The Balaban J connectivity index is 2.25. The molecule has 0 saturated heterocycles. The van der Waals surface area contributed by atoms with E-state index in [1.54, 1.807) is 0 Å². The molecule has 1 aromatic heterocycles. The summed E-state index contributed by atoms with van der Waals surface area (Å²) >= 11 is 13.2. The highest BCUT2D eigenvalue weighted by Gasteiger charge is 2.16. The van der Waals surface area contributed by atoms with Crippen LogP contribution in [0.15, 0.2) is 12.1 Å². The Hall–Kier alpha value is -1.37. The molecule has 8 heteroatoms. The number of hydrogen-bond donors (Lipinski definition) is 2. The zero-order valence-corrected chi connectivity index (χ0v) is 12.2. The molecule has 3 N–H and O–H groups in total. The highest BCUT2D eigenvalue weighted by molar-refractivity contribution is 7.15. The second-order valence-electron chi connectivity index (χ2n) is 3.67. The van der Waals surface area contributed by atoms with E-state index >= 15 is 0 Å². The number of hydrogen-bond acceptors (Lipinski definition) is 5. The Morgan fingerprint density at radius 3 is 2.79 bits per heavy atom. The number of nitrogen functional groups attached to an aromatic ring is 1. The van der Waals surface area contributed by atoms with Gasteiger partial charge in [-0.25, -0.2) is 0 Å². The van der Waals surface area contributed by atoms with Crippen LogP contribution in [0.25, 0.3) is 0 Å². The van der Waals surface area contributed by atoms with Gasteiger partial charge in [0.15, 0.2) is 0 Å². The van der Waals surface area contributed by atoms with Crippen LogP contribution in [-0.4, -0.2) is 16.1 Å². The van der Waals surface area contributed by atoms with Crippen LogP contribution in [0.3, 0.4) is 0 Å². The van der Waals surface area contributed by atoms with Gasteiger partial charge >= 0.3 is 0 Å². The fraction of sp³-hybridized carbons (Fsp3) is 0.182. The summed E-state index contributed by atoms with van der Waals surface area (Å²) in [5.74, 6) is -0.419. The van der Waals surface area contributed by atoms with Crippen molar-refractivity contribution in [1.29, 1.82) is 0 Å². The molecule has 1 amide bonds. The van der Waals surface area contributed by atoms with Crippen LogP contribution in [0, 0.1) is 0 Å². The third-order valence-electron chi connectivity index (χ3n) is 2.28. The van der Waals surface area contributed by atoms with Crippen molar-refractivity contribution in [2.24, 2.45) is 0 Å². The largest absolute Gasteiger partial charge is 0.399 e. The lowest BCUT2D eigenvalue weighted by molar-refractivity contribution is 0.102. The first-order valence-electron chi connectivity index (χ1n) is 5.39. The van der Waals surface area contributed by atoms with Crippen molar-refractivity contribution in [1.82, 2.24) is 10.2 Å². The van der Waals surface area contributed by atoms with Crippen LogP contribution >= 0.6 is 34.5 Å². The predicted octanol–water partition coefficient (Wildman–Crippen LogP) is 3.24. The highest BCUT2D eigenvalue weighted by Crippen LogP contribution is 2.29. The van der Waals surface area contributed by atoms with E-state index in [-0.39, 0.29) is 15.6 Å². The van der Waals surface area contributed by atoms with E-state index in [1.807, 2.05) is 6.92 Å². The Kier molecular flexibility index (Phi) is 4.24. The van der Waals surface area contributed by atoms with Crippen molar-refractivity contribution in [2.75, 3.05) is 11.1 Å². The van der Waals surface area contributed by atoms with Crippen molar-refractivity contribution < 1.29 is 4.79 Å². The SMILES string of the molecule is CCc1nnc(NC(=O)c2cc(N)cc(Cl)c2Cl)s1. The fourth-order valence-corrected chi connectivity index (χ4v) is 2.48. The van der Waals surface area contributed by atoms with E-state index in [0.29, 0.717) is 10.8 Å². The highest BCUT2D eigenvalue weighted by atomic mass is 35.5. The van der Waals surface area contributed by atoms with Gasteiger partial charge in [0.1, 0.15) is 5.01 Å². The quantitative estimate of drug-likeness (QED) is 0.852. The average Bonchev–Trinajstić information content (AvgIpc) is 2.81. The number of nitrogens with zero attached hydrogens (tertiary/aromatic N) is 2. The van der Waals surface area contributed by atoms with Gasteiger partial charge in [-0.3, -0.25) is 10.1 Å². The minimum atomic E-state index is -0.419. The summed E-state index contributed by atoms with van der Waals surface area (Å²) < 4.78 is 0. The maximum Gasteiger partial charge on any atom is 0.259 e. The number of amides is 1. The normalized spacial score (nSPS) is 10.5. The molecule has 0 atom stereocenters. The zero-order valence-electron chi connectivity index (χ0n) is 9.91. The molecule has 2 aromatic rings. The number of anilines is 2. The molecule has 0 aliphatic heterocycles. The van der Waals surface area contributed by atoms with Crippen LogP contribution in [0.5, 0.6) is 0 Å². The summed E-state index contributed by atoms with van der Waals surface area (Å²) in [7, 11) is 0. The summed E-state index contributed by atoms with van der Waals surface area (Å²) in [5, 5.41) is 12.0. The molecule has 0 aliphatic rings. The molecule has 1 heterocycles. The van der Waals surface area contributed by atoms with Gasteiger partial charge in [0.2, 0.25) is 5.13 Å². The van der Waals surface area contributed by atoms with E-state index in [1.165, 1.54) is 23.5 Å². The molecule has 100 valence electrons. The summed E-state index contributed by atoms with van der Waals surface area (Å²) in [6.45, 7) is 1.96. The number of carbonyl (C=O) groups is 1. The first-order chi connectivity index (χ1) is 9.01. The van der Waals surface area contributed by atoms with Gasteiger partial charge in [-0.1, -0.05) is 41.5 Å². The predicted molar refractivity (Wildman–Crippen MR) is 78.1 cm³/mol. The van der Waals surface area contributed by atoms with E-state index in [4.69, 9.17) is 28.9 Å². The second kappa shape index (κ2) is 5.73. The number of nitrogens with two attached hydrogens (primary N) is 1. The number of aromatic nitrogens is 2. The van der Waals surface area contributed by atoms with Crippen molar-refractivity contribution in [3.8, 4) is 0 Å². The molecular formula is C11H10Cl2N4OS. The van der Waals surface area contributed by atoms with Gasteiger partial charge in [-0.15, -0.1) is 10.2 Å². The lowest BCUT2D eigenvalue weighted by Crippen LogP contribution is -2.13. The number of rotatable bonds is 3. The molecule has 19 heavy (non-hydrogen) atoms. The molecule has 2 rings (SSSR count). The van der Waals surface area contributed by atoms with E-state index in [2.05, 4.69) is 15.5 Å². The van der Waals surface area contributed by atoms with E-state index in [9.17, 15) is 4.79 Å². The third kappa shape index (κ3) is 3.15. The van der Waals surface area contributed by atoms with E-state index < -0.39 is 5.91 Å². The van der Waals surface area contributed by atoms with Crippen molar-refractivity contribution >= 4 is 51.3 Å². The third-order valence-corrected chi connectivity index (χ3v) is 4.07. The summed E-state index contributed by atoms with van der Waals surface area (Å²) in [6, 6.07) is 2.95. The van der Waals surface area contributed by atoms with Gasteiger partial charge in [-0.05, 0) is 18.6 Å². The summed E-state index contributed by atoms with van der Waals surface area (Å²) in [6.07, 6.45) is 0.762. The minimum absolute atomic E-state index is 0.161. The Morgan fingerprint density at radius 2 is 2.16 bits per heavy atom. The van der Waals surface area contributed by atoms with Gasteiger partial charge in [-0.2, -0.15) is 0 Å². The monoisotopic (exact) mass is 316 g/mol. The van der Waals surface area contributed by atoms with Crippen molar-refractivity contribution in [3.05, 3.63) is 32.7 Å². The van der Waals surface area contributed by atoms with Crippen LogP contribution in [0.4, 0.5) is 10.8 Å². The fourth-order valence-electron chi connectivity index (χ4n) is 1.39. The Bertz CT molecular complexity index is 629. The van der Waals surface area contributed by atoms with Crippen LogP contribution in [0.1, 0.15) is 22.3 Å². The molecular weight excluding hydrogens is 307 g/mol. The molecule has 0 saturated carbocycles. The average molecular weight is 317 g/mol. The summed E-state index contributed by atoms with van der Waals surface area (Å²) in [4.78, 5) is 12.1. The van der Waals surface area contributed by atoms with Gasteiger partial charge < -0.3 is 5.73 Å². The van der Waals surface area contributed by atoms with Crippen LogP contribution in [-0.2, 0) is 6.42 Å². The number of nitrogens with one attached hydrogen (secondary N) is 1. The molecule has 0 spiro atoms. The molecule has 1 aromatic carbocycles. The maximum atomic E-state index is 12.1. The number of carbonyl (C=O) groups excluding carboxylic acids is 1. The van der Waals surface area contributed by atoms with Crippen LogP contribution in [0.2, 0.25) is 10.0 Å². The molecule has 5 nitrogen and oxygen atoms in total. The second-order valence-corrected chi connectivity index (χ2v) is 5.52.